The van der Waals surface area contributed by atoms with E-state index in [1.807, 2.05) is 0 Å². The lowest BCUT2D eigenvalue weighted by atomic mass is 10.0. The molecule has 4 rings (SSSR count). The minimum absolute atomic E-state index is 0.777. The predicted octanol–water partition coefficient (Wildman–Crippen LogP) is 3.02. The summed E-state index contributed by atoms with van der Waals surface area (Å²) < 4.78 is 1.26. The zero-order valence-corrected chi connectivity index (χ0v) is 14.6. The molecular weight excluding hydrogens is 312 g/mol. The van der Waals surface area contributed by atoms with Gasteiger partial charge in [0.15, 0.2) is 0 Å². The topological polar surface area (TPSA) is 32.3 Å². The smallest absolute Gasteiger partial charge is 0.150 e. The molecule has 0 bridgehead atoms. The highest BCUT2D eigenvalue weighted by atomic mass is 32.2. The first-order chi connectivity index (χ1) is 10.8. The summed E-state index contributed by atoms with van der Waals surface area (Å²) in [5, 5.41) is 2.20. The van der Waals surface area contributed by atoms with Crippen LogP contribution in [0.4, 0.5) is 5.82 Å². The molecule has 6 heteroatoms. The maximum atomic E-state index is 4.59. The number of hydrogen-bond donors (Lipinski definition) is 0. The van der Waals surface area contributed by atoms with Crippen molar-refractivity contribution in [3.8, 4) is 0 Å². The van der Waals surface area contributed by atoms with Crippen molar-refractivity contribution in [1.82, 2.24) is 14.9 Å². The van der Waals surface area contributed by atoms with Gasteiger partial charge in [0.05, 0.1) is 10.2 Å². The lowest BCUT2D eigenvalue weighted by molar-refractivity contribution is 0.185. The Morgan fingerprint density at radius 1 is 1.09 bits per heavy atom. The van der Waals surface area contributed by atoms with Gasteiger partial charge in [0.1, 0.15) is 12.1 Å². The van der Waals surface area contributed by atoms with Gasteiger partial charge in [-0.2, -0.15) is 11.8 Å². The zero-order chi connectivity index (χ0) is 14.9. The second-order valence-corrected chi connectivity index (χ2v) is 8.26. The van der Waals surface area contributed by atoms with Gasteiger partial charge in [0.2, 0.25) is 0 Å². The predicted molar refractivity (Wildman–Crippen MR) is 96.3 cm³/mol. The van der Waals surface area contributed by atoms with E-state index in [0.717, 1.165) is 30.5 Å². The van der Waals surface area contributed by atoms with E-state index >= 15 is 0 Å². The van der Waals surface area contributed by atoms with Gasteiger partial charge in [0.25, 0.3) is 0 Å². The van der Waals surface area contributed by atoms with Crippen LogP contribution in [-0.4, -0.2) is 58.6 Å². The van der Waals surface area contributed by atoms with E-state index in [9.17, 15) is 0 Å². The van der Waals surface area contributed by atoms with Crippen LogP contribution in [0.5, 0.6) is 0 Å². The monoisotopic (exact) mass is 334 g/mol. The summed E-state index contributed by atoms with van der Waals surface area (Å²) >= 11 is 3.88. The summed E-state index contributed by atoms with van der Waals surface area (Å²) in [4.78, 5) is 14.2. The molecule has 0 saturated carbocycles. The summed E-state index contributed by atoms with van der Waals surface area (Å²) in [7, 11) is 0. The highest BCUT2D eigenvalue weighted by molar-refractivity contribution is 7.99. The molecule has 2 aliphatic rings. The Bertz CT molecular complexity index is 643. The maximum Gasteiger partial charge on any atom is 0.150 e. The van der Waals surface area contributed by atoms with Crippen LogP contribution < -0.4 is 4.90 Å². The van der Waals surface area contributed by atoms with Gasteiger partial charge in [-0.1, -0.05) is 0 Å². The first-order valence-electron chi connectivity index (χ1n) is 8.08. The molecule has 2 fully saturated rings. The van der Waals surface area contributed by atoms with Crippen LogP contribution in [0, 0.1) is 6.92 Å². The molecule has 0 unspecified atom stereocenters. The number of thiophene rings is 1. The van der Waals surface area contributed by atoms with Crippen molar-refractivity contribution in [1.29, 1.82) is 0 Å². The highest BCUT2D eigenvalue weighted by Crippen LogP contribution is 2.32. The summed E-state index contributed by atoms with van der Waals surface area (Å²) in [6, 6.07) is 0.777. The van der Waals surface area contributed by atoms with Crippen molar-refractivity contribution in [3.05, 3.63) is 17.3 Å². The Kier molecular flexibility index (Phi) is 4.24. The fraction of sp³-hybridized carbons (Fsp3) is 0.625. The van der Waals surface area contributed by atoms with Gasteiger partial charge in [-0.3, -0.25) is 4.90 Å². The number of piperidine rings is 1. The second kappa shape index (κ2) is 6.34. The van der Waals surface area contributed by atoms with Gasteiger partial charge in [-0.25, -0.2) is 9.97 Å². The molecule has 0 radical (unpaired) electrons. The van der Waals surface area contributed by atoms with Crippen LogP contribution >= 0.6 is 23.1 Å². The first-order valence-corrected chi connectivity index (χ1v) is 10.1. The van der Waals surface area contributed by atoms with E-state index in [4.69, 9.17) is 0 Å². The molecule has 0 atom stereocenters. The Balaban J connectivity index is 1.48. The molecule has 2 aromatic heterocycles. The van der Waals surface area contributed by atoms with Crippen molar-refractivity contribution in [2.75, 3.05) is 42.6 Å². The molecule has 118 valence electrons. The highest BCUT2D eigenvalue weighted by Gasteiger charge is 2.27. The summed E-state index contributed by atoms with van der Waals surface area (Å²) in [6.07, 6.45) is 4.26. The van der Waals surface area contributed by atoms with Crippen LogP contribution in [0.1, 0.15) is 18.4 Å². The van der Waals surface area contributed by atoms with Crippen LogP contribution in [0.15, 0.2) is 11.7 Å². The number of fused-ring (bicyclic) bond motifs is 1. The number of aryl methyl sites for hydroxylation is 1. The van der Waals surface area contributed by atoms with Gasteiger partial charge < -0.3 is 4.90 Å². The molecule has 0 aromatic carbocycles. The van der Waals surface area contributed by atoms with Crippen molar-refractivity contribution in [2.45, 2.75) is 25.8 Å². The molecule has 0 amide bonds. The Morgan fingerprint density at radius 3 is 2.64 bits per heavy atom. The number of hydrogen-bond acceptors (Lipinski definition) is 6. The van der Waals surface area contributed by atoms with Crippen LogP contribution in [0.3, 0.4) is 0 Å². The van der Waals surface area contributed by atoms with E-state index in [0.29, 0.717) is 0 Å². The number of rotatable bonds is 2. The fourth-order valence-electron chi connectivity index (χ4n) is 3.57. The SMILES string of the molecule is Cc1csc2c(N3CCC(N4CCSCC4)CC3)ncnc12. The van der Waals surface area contributed by atoms with Gasteiger partial charge in [-0.05, 0) is 30.7 Å². The Hall–Kier alpha value is -0.850. The van der Waals surface area contributed by atoms with Crippen molar-refractivity contribution in [3.63, 3.8) is 0 Å². The number of nitrogens with zero attached hydrogens (tertiary/aromatic N) is 4. The molecule has 22 heavy (non-hydrogen) atoms. The molecule has 2 saturated heterocycles. The first kappa shape index (κ1) is 14.7. The van der Waals surface area contributed by atoms with Gasteiger partial charge >= 0.3 is 0 Å². The lowest BCUT2D eigenvalue weighted by Crippen LogP contribution is -2.48. The Morgan fingerprint density at radius 2 is 1.86 bits per heavy atom. The minimum Gasteiger partial charge on any atom is -0.355 e. The molecular formula is C16H22N4S2. The number of thioether (sulfide) groups is 1. The van der Waals surface area contributed by atoms with Crippen molar-refractivity contribution >= 4 is 39.1 Å². The molecule has 0 spiro atoms. The number of anilines is 1. The average Bonchev–Trinajstić information content (AvgIpc) is 2.97. The standard InChI is InChI=1S/C16H22N4S2/c1-12-10-22-15-14(12)17-11-18-16(15)20-4-2-13(3-5-20)19-6-8-21-9-7-19/h10-11,13H,2-9H2,1H3. The summed E-state index contributed by atoms with van der Waals surface area (Å²) in [5.74, 6) is 3.76. The van der Waals surface area contributed by atoms with Crippen molar-refractivity contribution < 1.29 is 0 Å². The molecule has 2 aliphatic heterocycles. The van der Waals surface area contributed by atoms with E-state index < -0.39 is 0 Å². The summed E-state index contributed by atoms with van der Waals surface area (Å²) in [5.41, 5.74) is 2.40. The molecule has 2 aromatic rings. The van der Waals surface area contributed by atoms with E-state index in [-0.39, 0.29) is 0 Å². The minimum atomic E-state index is 0.777. The van der Waals surface area contributed by atoms with E-state index in [1.165, 1.54) is 47.7 Å². The zero-order valence-electron chi connectivity index (χ0n) is 13.0. The molecule has 4 heterocycles. The quantitative estimate of drug-likeness (QED) is 0.843. The second-order valence-electron chi connectivity index (χ2n) is 6.16. The van der Waals surface area contributed by atoms with E-state index in [2.05, 4.69) is 43.8 Å². The third-order valence-electron chi connectivity index (χ3n) is 4.84. The van der Waals surface area contributed by atoms with Crippen LogP contribution in [0.2, 0.25) is 0 Å². The van der Waals surface area contributed by atoms with Crippen LogP contribution in [0.25, 0.3) is 10.2 Å². The fourth-order valence-corrected chi connectivity index (χ4v) is 5.52. The third-order valence-corrected chi connectivity index (χ3v) is 6.86. The molecule has 0 N–H and O–H groups in total. The largest absolute Gasteiger partial charge is 0.355 e. The number of aromatic nitrogens is 2. The van der Waals surface area contributed by atoms with Gasteiger partial charge in [-0.15, -0.1) is 11.3 Å². The molecule has 4 nitrogen and oxygen atoms in total. The van der Waals surface area contributed by atoms with E-state index in [1.54, 1.807) is 17.7 Å². The average molecular weight is 335 g/mol. The van der Waals surface area contributed by atoms with Crippen LogP contribution in [-0.2, 0) is 0 Å². The van der Waals surface area contributed by atoms with Gasteiger partial charge in [0, 0.05) is 43.7 Å². The maximum absolute atomic E-state index is 4.59. The summed E-state index contributed by atoms with van der Waals surface area (Å²) in [6.45, 7) is 6.93. The lowest BCUT2D eigenvalue weighted by Gasteiger charge is -2.40. The normalized spacial score (nSPS) is 21.6. The van der Waals surface area contributed by atoms with Crippen molar-refractivity contribution in [2.24, 2.45) is 0 Å². The molecule has 0 aliphatic carbocycles. The third kappa shape index (κ3) is 2.72. The Labute approximate surface area is 139 Å².